The van der Waals surface area contributed by atoms with Crippen molar-refractivity contribution in [2.45, 2.75) is 12.5 Å². The standard InChI is InChI=1S/C14H14N4OS/c15-13(16)9-1-2-10-8(7-9)3-4-17-11(10)12(19)14-18-5-6-20-14/h1-2,5-7,11,17H,3-4H2,(H3,15,16). The first-order valence-corrected chi connectivity index (χ1v) is 7.19. The summed E-state index contributed by atoms with van der Waals surface area (Å²) in [6.07, 6.45) is 2.47. The highest BCUT2D eigenvalue weighted by molar-refractivity contribution is 7.11. The Morgan fingerprint density at radius 3 is 3.05 bits per heavy atom. The summed E-state index contributed by atoms with van der Waals surface area (Å²) in [5.41, 5.74) is 8.25. The summed E-state index contributed by atoms with van der Waals surface area (Å²) in [7, 11) is 0. The number of carbonyl (C=O) groups is 1. The van der Waals surface area contributed by atoms with Gasteiger partial charge in [0, 0.05) is 23.7 Å². The number of ketones is 1. The van der Waals surface area contributed by atoms with Gasteiger partial charge in [0.2, 0.25) is 5.78 Å². The molecule has 1 aliphatic heterocycles. The first-order chi connectivity index (χ1) is 9.66. The largest absolute Gasteiger partial charge is 0.384 e. The van der Waals surface area contributed by atoms with Crippen molar-refractivity contribution in [3.05, 3.63) is 51.5 Å². The number of nitrogens with one attached hydrogen (secondary N) is 2. The Hall–Kier alpha value is -2.05. The normalized spacial score (nSPS) is 17.5. The predicted octanol–water partition coefficient (Wildman–Crippen LogP) is 1.50. The van der Waals surface area contributed by atoms with Crippen LogP contribution >= 0.6 is 11.3 Å². The highest BCUT2D eigenvalue weighted by Gasteiger charge is 2.28. The minimum Gasteiger partial charge on any atom is -0.384 e. The van der Waals surface area contributed by atoms with E-state index in [1.54, 1.807) is 17.6 Å². The third-order valence-corrected chi connectivity index (χ3v) is 4.20. The van der Waals surface area contributed by atoms with Gasteiger partial charge in [-0.25, -0.2) is 4.98 Å². The van der Waals surface area contributed by atoms with E-state index in [-0.39, 0.29) is 17.7 Å². The third-order valence-electron chi connectivity index (χ3n) is 3.41. The van der Waals surface area contributed by atoms with E-state index >= 15 is 0 Å². The second kappa shape index (κ2) is 5.15. The number of hydrogen-bond donors (Lipinski definition) is 3. The summed E-state index contributed by atoms with van der Waals surface area (Å²) in [6.45, 7) is 0.732. The molecule has 1 aliphatic rings. The fourth-order valence-corrected chi connectivity index (χ4v) is 3.04. The molecule has 0 bridgehead atoms. The van der Waals surface area contributed by atoms with Crippen molar-refractivity contribution in [1.29, 1.82) is 5.41 Å². The Kier molecular flexibility index (Phi) is 3.33. The van der Waals surface area contributed by atoms with Gasteiger partial charge in [-0.2, -0.15) is 0 Å². The van der Waals surface area contributed by atoms with Crippen molar-refractivity contribution in [2.24, 2.45) is 5.73 Å². The van der Waals surface area contributed by atoms with Crippen LogP contribution in [0.5, 0.6) is 0 Å². The number of nitrogens with zero attached hydrogens (tertiary/aromatic N) is 1. The van der Waals surface area contributed by atoms with E-state index in [2.05, 4.69) is 10.3 Å². The van der Waals surface area contributed by atoms with Crippen LogP contribution in [0.4, 0.5) is 0 Å². The molecule has 20 heavy (non-hydrogen) atoms. The smallest absolute Gasteiger partial charge is 0.212 e. The minimum absolute atomic E-state index is 0.00322. The molecule has 0 radical (unpaired) electrons. The Balaban J connectivity index is 1.98. The number of thiazole rings is 1. The lowest BCUT2D eigenvalue weighted by Gasteiger charge is -2.25. The number of nitrogens with two attached hydrogens (primary N) is 1. The molecule has 2 aromatic rings. The van der Waals surface area contributed by atoms with Gasteiger partial charge in [-0.15, -0.1) is 11.3 Å². The van der Waals surface area contributed by atoms with Crippen LogP contribution in [-0.2, 0) is 6.42 Å². The zero-order valence-corrected chi connectivity index (χ0v) is 11.5. The molecule has 1 atom stereocenters. The van der Waals surface area contributed by atoms with Crippen LogP contribution in [-0.4, -0.2) is 23.1 Å². The molecule has 1 aromatic heterocycles. The lowest BCUT2D eigenvalue weighted by Crippen LogP contribution is -2.35. The summed E-state index contributed by atoms with van der Waals surface area (Å²) in [6, 6.07) is 5.22. The lowest BCUT2D eigenvalue weighted by atomic mass is 9.90. The fraction of sp³-hybridized carbons (Fsp3) is 0.214. The topological polar surface area (TPSA) is 91.9 Å². The summed E-state index contributed by atoms with van der Waals surface area (Å²) in [5, 5.41) is 13.1. The predicted molar refractivity (Wildman–Crippen MR) is 78.4 cm³/mol. The highest BCUT2D eigenvalue weighted by atomic mass is 32.1. The number of rotatable bonds is 3. The van der Waals surface area contributed by atoms with Gasteiger partial charge in [0.1, 0.15) is 5.84 Å². The van der Waals surface area contributed by atoms with Crippen molar-refractivity contribution in [2.75, 3.05) is 6.54 Å². The molecule has 102 valence electrons. The third kappa shape index (κ3) is 2.23. The SMILES string of the molecule is N=C(N)c1ccc2c(c1)CCNC2C(=O)c1nccs1. The van der Waals surface area contributed by atoms with Gasteiger partial charge >= 0.3 is 0 Å². The molecule has 0 aliphatic carbocycles. The number of nitrogen functional groups attached to an aromatic ring is 1. The number of aromatic nitrogens is 1. The molecule has 0 amide bonds. The van der Waals surface area contributed by atoms with E-state index in [4.69, 9.17) is 11.1 Å². The van der Waals surface area contributed by atoms with Gasteiger partial charge < -0.3 is 11.1 Å². The van der Waals surface area contributed by atoms with Gasteiger partial charge in [-0.05, 0) is 23.6 Å². The Morgan fingerprint density at radius 1 is 1.50 bits per heavy atom. The molecular weight excluding hydrogens is 272 g/mol. The molecule has 1 aromatic carbocycles. The van der Waals surface area contributed by atoms with E-state index in [0.717, 1.165) is 24.1 Å². The zero-order valence-electron chi connectivity index (χ0n) is 10.7. The first kappa shape index (κ1) is 13.0. The maximum absolute atomic E-state index is 12.5. The monoisotopic (exact) mass is 286 g/mol. The van der Waals surface area contributed by atoms with E-state index in [1.165, 1.54) is 11.3 Å². The average Bonchev–Trinajstić information content (AvgIpc) is 2.99. The maximum Gasteiger partial charge on any atom is 0.212 e. The molecule has 6 heteroatoms. The Bertz CT molecular complexity index is 666. The van der Waals surface area contributed by atoms with Crippen LogP contribution in [0.3, 0.4) is 0 Å². The molecule has 0 spiro atoms. The van der Waals surface area contributed by atoms with Crippen molar-refractivity contribution in [3.63, 3.8) is 0 Å². The van der Waals surface area contributed by atoms with Crippen molar-refractivity contribution < 1.29 is 4.79 Å². The van der Waals surface area contributed by atoms with E-state index in [9.17, 15) is 4.79 Å². The molecular formula is C14H14N4OS. The van der Waals surface area contributed by atoms with Gasteiger partial charge in [-0.1, -0.05) is 12.1 Å². The Morgan fingerprint density at radius 2 is 2.35 bits per heavy atom. The van der Waals surface area contributed by atoms with Crippen LogP contribution in [0, 0.1) is 5.41 Å². The van der Waals surface area contributed by atoms with Crippen molar-refractivity contribution in [3.8, 4) is 0 Å². The summed E-state index contributed by atoms with van der Waals surface area (Å²) >= 11 is 1.35. The maximum atomic E-state index is 12.5. The molecule has 2 heterocycles. The van der Waals surface area contributed by atoms with Crippen LogP contribution < -0.4 is 11.1 Å². The van der Waals surface area contributed by atoms with Crippen LogP contribution in [0.25, 0.3) is 0 Å². The molecule has 3 rings (SSSR count). The van der Waals surface area contributed by atoms with E-state index < -0.39 is 0 Å². The molecule has 4 N–H and O–H groups in total. The van der Waals surface area contributed by atoms with Gasteiger partial charge in [-0.3, -0.25) is 10.2 Å². The van der Waals surface area contributed by atoms with Crippen LogP contribution in [0.1, 0.15) is 32.5 Å². The second-order valence-corrected chi connectivity index (χ2v) is 5.56. The van der Waals surface area contributed by atoms with Crippen molar-refractivity contribution >= 4 is 23.0 Å². The number of benzene rings is 1. The average molecular weight is 286 g/mol. The molecule has 0 saturated carbocycles. The molecule has 5 nitrogen and oxygen atoms in total. The van der Waals surface area contributed by atoms with Crippen molar-refractivity contribution in [1.82, 2.24) is 10.3 Å². The Labute approximate surface area is 120 Å². The van der Waals surface area contributed by atoms with Gasteiger partial charge in [0.05, 0.1) is 6.04 Å². The van der Waals surface area contributed by atoms with Crippen LogP contribution in [0.15, 0.2) is 29.8 Å². The zero-order chi connectivity index (χ0) is 14.1. The highest BCUT2D eigenvalue weighted by Crippen LogP contribution is 2.27. The van der Waals surface area contributed by atoms with E-state index in [1.807, 2.05) is 12.1 Å². The summed E-state index contributed by atoms with van der Waals surface area (Å²) in [4.78, 5) is 16.5. The fourth-order valence-electron chi connectivity index (χ4n) is 2.44. The summed E-state index contributed by atoms with van der Waals surface area (Å²) < 4.78 is 0. The quantitative estimate of drug-likeness (QED) is 0.453. The number of carbonyl (C=O) groups excluding carboxylic acids is 1. The lowest BCUT2D eigenvalue weighted by molar-refractivity contribution is 0.0939. The minimum atomic E-state index is -0.356. The summed E-state index contributed by atoms with van der Waals surface area (Å²) in [5.74, 6) is 0.0469. The van der Waals surface area contributed by atoms with E-state index in [0.29, 0.717) is 10.6 Å². The molecule has 0 fully saturated rings. The van der Waals surface area contributed by atoms with Gasteiger partial charge in [0.25, 0.3) is 0 Å². The number of Topliss-reactive ketones (excluding diaryl/α,β-unsaturated/α-hetero) is 1. The van der Waals surface area contributed by atoms with Crippen LogP contribution in [0.2, 0.25) is 0 Å². The number of amidine groups is 1. The number of fused-ring (bicyclic) bond motifs is 1. The molecule has 1 unspecified atom stereocenters. The number of hydrogen-bond acceptors (Lipinski definition) is 5. The van der Waals surface area contributed by atoms with Gasteiger partial charge in [0.15, 0.2) is 5.01 Å². The second-order valence-electron chi connectivity index (χ2n) is 4.67. The molecule has 0 saturated heterocycles. The first-order valence-electron chi connectivity index (χ1n) is 6.31.